The molecule has 0 radical (unpaired) electrons. The third kappa shape index (κ3) is 9.61. The Morgan fingerprint density at radius 3 is 2.18 bits per heavy atom. The molecule has 5 aromatic rings. The number of anilines is 1. The van der Waals surface area contributed by atoms with Crippen LogP contribution in [0.3, 0.4) is 0 Å². The number of carbonyl (C=O) groups excluding carboxylic acids is 2. The highest BCUT2D eigenvalue weighted by atomic mass is 35.5. The highest BCUT2D eigenvalue weighted by Gasteiger charge is 2.68. The first kappa shape index (κ1) is 50.1. The van der Waals surface area contributed by atoms with E-state index in [9.17, 15) is 61.5 Å². The molecule has 0 aliphatic heterocycles. The standard InChI is InChI=1S/C41H35ClF10N8O6S2/c1-38(2,67(3,63)64)10-9-22-5-6-23(24-7-8-27(42)32-34(24)59(18-39(45,46)47)57-37(32)60(30(62)16-53)68(4,65)66)33(54-22)28(13-19-11-20(43)14-21(44)12-19)55-29(61)17-58-36-31(35(56-58)41(50,51)52)25-15-26(25)40(36,48)49/h5-8,11-12,14,25-26,28H,13,15-18,53H2,1-4H3,(H,55,61)/t25-,26?,28-/m0/s1. The second-order valence-electron chi connectivity index (χ2n) is 16.6. The van der Waals surface area contributed by atoms with E-state index in [0.29, 0.717) is 12.3 Å². The number of sulfonamides is 1. The van der Waals surface area contributed by atoms with Crippen LogP contribution in [0.1, 0.15) is 66.1 Å². The Labute approximate surface area is 384 Å². The lowest BCUT2D eigenvalue weighted by atomic mass is 9.93. The molecule has 2 aliphatic rings. The maximum atomic E-state index is 15.5. The normalized spacial score (nSPS) is 17.3. The van der Waals surface area contributed by atoms with Crippen LogP contribution in [0.5, 0.6) is 0 Å². The summed E-state index contributed by atoms with van der Waals surface area (Å²) < 4.78 is 196. The molecule has 2 amide bonds. The fourth-order valence-corrected chi connectivity index (χ4v) is 9.30. The van der Waals surface area contributed by atoms with Crippen molar-refractivity contribution in [1.82, 2.24) is 29.9 Å². The second-order valence-corrected chi connectivity index (χ2v) is 21.4. The van der Waals surface area contributed by atoms with Crippen LogP contribution in [-0.2, 0) is 61.1 Å². The molecule has 0 saturated heterocycles. The van der Waals surface area contributed by atoms with Crippen LogP contribution in [0.25, 0.3) is 22.0 Å². The zero-order valence-electron chi connectivity index (χ0n) is 35.5. The van der Waals surface area contributed by atoms with Crippen molar-refractivity contribution in [2.75, 3.05) is 23.4 Å². The van der Waals surface area contributed by atoms with Gasteiger partial charge in [0.25, 0.3) is 11.8 Å². The first-order chi connectivity index (χ1) is 31.2. The highest BCUT2D eigenvalue weighted by Crippen LogP contribution is 2.68. The Kier molecular flexibility index (Phi) is 12.5. The number of nitrogens with zero attached hydrogens (tertiary/aromatic N) is 6. The lowest BCUT2D eigenvalue weighted by molar-refractivity contribution is -0.143. The van der Waals surface area contributed by atoms with Gasteiger partial charge in [-0.3, -0.25) is 19.0 Å². The van der Waals surface area contributed by atoms with Gasteiger partial charge in [-0.05, 0) is 74.4 Å². The summed E-state index contributed by atoms with van der Waals surface area (Å²) in [7, 11) is -8.60. The van der Waals surface area contributed by atoms with Crippen molar-refractivity contribution in [2.45, 2.75) is 74.8 Å². The van der Waals surface area contributed by atoms with Crippen molar-refractivity contribution in [3.8, 4) is 23.0 Å². The van der Waals surface area contributed by atoms with Crippen LogP contribution in [0.15, 0.2) is 42.5 Å². The molecule has 68 heavy (non-hydrogen) atoms. The largest absolute Gasteiger partial charge is 0.435 e. The van der Waals surface area contributed by atoms with Crippen molar-refractivity contribution in [3.63, 3.8) is 0 Å². The molecule has 3 atom stereocenters. The van der Waals surface area contributed by atoms with Crippen molar-refractivity contribution in [1.29, 1.82) is 0 Å². The Morgan fingerprint density at radius 1 is 0.971 bits per heavy atom. The minimum atomic E-state index is -5.21. The quantitative estimate of drug-likeness (QED) is 0.102. The van der Waals surface area contributed by atoms with Gasteiger partial charge >= 0.3 is 12.4 Å². The topological polar surface area (TPSA) is 192 Å². The number of amides is 2. The lowest BCUT2D eigenvalue weighted by Gasteiger charge is -2.23. The molecule has 2 aliphatic carbocycles. The number of hydrogen-bond donors (Lipinski definition) is 2. The first-order valence-corrected chi connectivity index (χ1v) is 23.9. The van der Waals surface area contributed by atoms with Gasteiger partial charge in [-0.1, -0.05) is 23.6 Å². The summed E-state index contributed by atoms with van der Waals surface area (Å²) in [5.74, 6) is -7.30. The van der Waals surface area contributed by atoms with E-state index in [-0.39, 0.29) is 42.5 Å². The van der Waals surface area contributed by atoms with Gasteiger partial charge in [0.15, 0.2) is 21.3 Å². The molecule has 1 fully saturated rings. The number of carbonyl (C=O) groups is 2. The molecule has 7 rings (SSSR count). The Hall–Kier alpha value is -5.78. The van der Waals surface area contributed by atoms with E-state index in [4.69, 9.17) is 17.3 Å². The van der Waals surface area contributed by atoms with Crippen LogP contribution in [0, 0.1) is 29.4 Å². The van der Waals surface area contributed by atoms with Gasteiger partial charge in [-0.25, -0.2) is 30.6 Å². The van der Waals surface area contributed by atoms with Gasteiger partial charge < -0.3 is 11.1 Å². The number of alkyl halides is 8. The molecule has 3 aromatic heterocycles. The first-order valence-electron chi connectivity index (χ1n) is 19.8. The number of nitrogens with two attached hydrogens (primary N) is 1. The molecule has 27 heteroatoms. The number of sulfone groups is 1. The summed E-state index contributed by atoms with van der Waals surface area (Å²) in [4.78, 5) is 31.6. The summed E-state index contributed by atoms with van der Waals surface area (Å²) in [6.45, 7) is -1.75. The van der Waals surface area contributed by atoms with Gasteiger partial charge in [-0.15, -0.1) is 0 Å². The number of aromatic nitrogens is 5. The number of pyridine rings is 1. The summed E-state index contributed by atoms with van der Waals surface area (Å²) in [5, 5.41) is 8.62. The molecule has 364 valence electrons. The van der Waals surface area contributed by atoms with Gasteiger partial charge in [0.05, 0.1) is 40.5 Å². The fourth-order valence-electron chi connectivity index (χ4n) is 7.94. The molecule has 3 heterocycles. The maximum absolute atomic E-state index is 15.5. The Balaban J connectivity index is 1.49. The minimum absolute atomic E-state index is 0.0317. The Bertz CT molecular complexity index is 3200. The van der Waals surface area contributed by atoms with Crippen molar-refractivity contribution < 1.29 is 70.3 Å². The average Bonchev–Trinajstić information content (AvgIpc) is 3.71. The number of fused-ring (bicyclic) bond motifs is 4. The smallest absolute Gasteiger partial charge is 0.346 e. The summed E-state index contributed by atoms with van der Waals surface area (Å²) in [6.07, 6.45) is -9.87. The van der Waals surface area contributed by atoms with Gasteiger partial charge in [0, 0.05) is 34.9 Å². The van der Waals surface area contributed by atoms with Crippen molar-refractivity contribution >= 4 is 60.0 Å². The van der Waals surface area contributed by atoms with Crippen LogP contribution in [-0.4, -0.2) is 83.2 Å². The van der Waals surface area contributed by atoms with E-state index < -0.39 is 155 Å². The maximum Gasteiger partial charge on any atom is 0.435 e. The van der Waals surface area contributed by atoms with Crippen molar-refractivity contribution in [3.05, 3.63) is 93.0 Å². The van der Waals surface area contributed by atoms with Crippen molar-refractivity contribution in [2.24, 2.45) is 11.7 Å². The number of nitrogens with one attached hydrogen (secondary N) is 1. The summed E-state index contributed by atoms with van der Waals surface area (Å²) in [6, 6.07) is 4.80. The molecular formula is C41H35ClF10N8O6S2. The van der Waals surface area contributed by atoms with E-state index in [1.807, 2.05) is 0 Å². The third-order valence-corrected chi connectivity index (χ3v) is 14.5. The summed E-state index contributed by atoms with van der Waals surface area (Å²) >= 11 is 6.54. The predicted molar refractivity (Wildman–Crippen MR) is 224 cm³/mol. The molecule has 3 N–H and O–H groups in total. The number of hydrogen-bond acceptors (Lipinski definition) is 10. The summed E-state index contributed by atoms with van der Waals surface area (Å²) in [5.41, 5.74) is -0.328. The fraction of sp³-hybridized carbons (Fsp3) is 0.390. The van der Waals surface area contributed by atoms with Gasteiger partial charge in [0.2, 0.25) is 15.9 Å². The molecule has 1 saturated carbocycles. The van der Waals surface area contributed by atoms with Crippen LogP contribution >= 0.6 is 11.6 Å². The molecule has 0 spiro atoms. The van der Waals surface area contributed by atoms with E-state index in [2.05, 4.69) is 32.3 Å². The van der Waals surface area contributed by atoms with E-state index in [1.165, 1.54) is 13.8 Å². The number of rotatable bonds is 12. The van der Waals surface area contributed by atoms with E-state index in [1.54, 1.807) is 0 Å². The molecule has 0 bridgehead atoms. The molecule has 1 unspecified atom stereocenters. The predicted octanol–water partition coefficient (Wildman–Crippen LogP) is 6.54. The van der Waals surface area contributed by atoms with E-state index in [0.717, 1.165) is 42.7 Å². The average molecular weight is 1030 g/mol. The Morgan fingerprint density at radius 2 is 1.60 bits per heavy atom. The zero-order valence-corrected chi connectivity index (χ0v) is 37.9. The van der Waals surface area contributed by atoms with Crippen LogP contribution in [0.2, 0.25) is 5.02 Å². The van der Waals surface area contributed by atoms with Crippen LogP contribution < -0.4 is 15.4 Å². The lowest BCUT2D eigenvalue weighted by Crippen LogP contribution is -2.40. The van der Waals surface area contributed by atoms with Gasteiger partial charge in [0.1, 0.15) is 40.9 Å². The second kappa shape index (κ2) is 17.0. The minimum Gasteiger partial charge on any atom is -0.346 e. The third-order valence-electron chi connectivity index (χ3n) is 11.2. The molecule has 14 nitrogen and oxygen atoms in total. The van der Waals surface area contributed by atoms with E-state index >= 15 is 8.78 Å². The molecule has 2 aromatic carbocycles. The van der Waals surface area contributed by atoms with Gasteiger partial charge in [-0.2, -0.15) is 49.6 Å². The number of benzene rings is 2. The van der Waals surface area contributed by atoms with Crippen LogP contribution in [0.4, 0.5) is 49.7 Å². The molecular weight excluding hydrogens is 990 g/mol. The number of halogens is 11. The SMILES string of the molecule is CC(C)(C#Cc1ccc(-c2ccc(Cl)c3c(N(C(=O)CN)S(C)(=O)=O)nn(CC(F)(F)F)c23)c([C@H](Cc2cc(F)cc(F)c2)NC(=O)Cn2nc(C(F)(F)F)c3c2C(F)(F)C2C[C@H]32)n1)S(C)(=O)=O. The zero-order chi connectivity index (χ0) is 50.4. The monoisotopic (exact) mass is 1020 g/mol. The highest BCUT2D eigenvalue weighted by molar-refractivity contribution is 7.93.